The Morgan fingerprint density at radius 2 is 2.23 bits per heavy atom. The number of hydrogen-bond donors (Lipinski definition) is 1. The SMILES string of the molecule is O=CN(C(=O)Nc1cccc(SC(F)(F)F)c1)C1COCO1. The van der Waals surface area contributed by atoms with Crippen molar-refractivity contribution in [2.75, 3.05) is 18.7 Å². The lowest BCUT2D eigenvalue weighted by molar-refractivity contribution is -0.122. The first-order valence-corrected chi connectivity index (χ1v) is 6.80. The Balaban J connectivity index is 2.04. The molecular formula is C12H11F3N2O4S. The number of nitrogens with one attached hydrogen (secondary N) is 1. The molecule has 0 bridgehead atoms. The number of carbonyl (C=O) groups excluding carboxylic acids is 2. The number of carbonyl (C=O) groups is 2. The van der Waals surface area contributed by atoms with Crippen molar-refractivity contribution >= 4 is 29.9 Å². The van der Waals surface area contributed by atoms with E-state index in [1.54, 1.807) is 0 Å². The second kappa shape index (κ2) is 6.99. The fraction of sp³-hybridized carbons (Fsp3) is 0.333. The molecule has 10 heteroatoms. The van der Waals surface area contributed by atoms with E-state index < -0.39 is 17.8 Å². The number of nitrogens with zero attached hydrogens (tertiary/aromatic N) is 1. The molecule has 1 aromatic carbocycles. The van der Waals surface area contributed by atoms with Gasteiger partial charge in [0.15, 0.2) is 6.23 Å². The van der Waals surface area contributed by atoms with Crippen LogP contribution >= 0.6 is 11.8 Å². The summed E-state index contributed by atoms with van der Waals surface area (Å²) in [5.74, 6) is 0. The van der Waals surface area contributed by atoms with Gasteiger partial charge < -0.3 is 14.8 Å². The summed E-state index contributed by atoms with van der Waals surface area (Å²) in [6.07, 6.45) is -0.589. The Labute approximate surface area is 127 Å². The zero-order chi connectivity index (χ0) is 16.2. The van der Waals surface area contributed by atoms with Crippen LogP contribution in [0.15, 0.2) is 29.2 Å². The highest BCUT2D eigenvalue weighted by atomic mass is 32.2. The van der Waals surface area contributed by atoms with Gasteiger partial charge in [0.1, 0.15) is 6.79 Å². The van der Waals surface area contributed by atoms with E-state index in [1.165, 1.54) is 18.2 Å². The number of urea groups is 1. The molecule has 1 heterocycles. The molecule has 6 nitrogen and oxygen atoms in total. The predicted octanol–water partition coefficient (Wildman–Crippen LogP) is 2.62. The van der Waals surface area contributed by atoms with Gasteiger partial charge in [0.05, 0.1) is 6.61 Å². The maximum absolute atomic E-state index is 12.3. The molecule has 0 saturated carbocycles. The number of hydrogen-bond acceptors (Lipinski definition) is 5. The zero-order valence-corrected chi connectivity index (χ0v) is 11.8. The highest BCUT2D eigenvalue weighted by molar-refractivity contribution is 8.00. The molecule has 1 saturated heterocycles. The number of ether oxygens (including phenoxy) is 2. The molecule has 1 aliphatic rings. The number of benzene rings is 1. The molecule has 1 N–H and O–H groups in total. The standard InChI is InChI=1S/C12H11F3N2O4S/c13-12(14,15)22-9-3-1-2-8(4-9)16-11(19)17(6-18)10-5-20-7-21-10/h1-4,6,10H,5,7H2,(H,16,19). The van der Waals surface area contributed by atoms with Crippen LogP contribution < -0.4 is 5.32 Å². The fourth-order valence-corrected chi connectivity index (χ4v) is 2.29. The van der Waals surface area contributed by atoms with E-state index in [4.69, 9.17) is 9.47 Å². The van der Waals surface area contributed by atoms with Gasteiger partial charge in [0, 0.05) is 10.6 Å². The molecule has 1 aliphatic heterocycles. The van der Waals surface area contributed by atoms with Crippen LogP contribution in [0.25, 0.3) is 0 Å². The van der Waals surface area contributed by atoms with Crippen molar-refractivity contribution in [2.45, 2.75) is 16.6 Å². The lowest BCUT2D eigenvalue weighted by Gasteiger charge is -2.21. The minimum absolute atomic E-state index is 0.0378. The number of halogens is 3. The minimum Gasteiger partial charge on any atom is -0.351 e. The smallest absolute Gasteiger partial charge is 0.351 e. The van der Waals surface area contributed by atoms with Gasteiger partial charge in [-0.2, -0.15) is 13.2 Å². The quantitative estimate of drug-likeness (QED) is 0.676. The Hall–Kier alpha value is -1.78. The molecule has 0 spiro atoms. The van der Waals surface area contributed by atoms with E-state index in [1.807, 2.05) is 0 Å². The third kappa shape index (κ3) is 4.61. The summed E-state index contributed by atoms with van der Waals surface area (Å²) in [6.45, 7) is -0.00385. The number of rotatable bonds is 4. The summed E-state index contributed by atoms with van der Waals surface area (Å²) < 4.78 is 46.8. The van der Waals surface area contributed by atoms with E-state index in [2.05, 4.69) is 5.32 Å². The van der Waals surface area contributed by atoms with Crippen LogP contribution in [0.2, 0.25) is 0 Å². The summed E-state index contributed by atoms with van der Waals surface area (Å²) in [6, 6.07) is 4.38. The number of alkyl halides is 3. The maximum Gasteiger partial charge on any atom is 0.446 e. The average Bonchev–Trinajstić information content (AvgIpc) is 2.91. The molecule has 22 heavy (non-hydrogen) atoms. The Morgan fingerprint density at radius 1 is 1.45 bits per heavy atom. The van der Waals surface area contributed by atoms with Crippen LogP contribution in [-0.4, -0.2) is 42.5 Å². The third-order valence-corrected chi connectivity index (χ3v) is 3.30. The van der Waals surface area contributed by atoms with Crippen molar-refractivity contribution in [3.05, 3.63) is 24.3 Å². The highest BCUT2D eigenvalue weighted by Gasteiger charge is 2.30. The van der Waals surface area contributed by atoms with Gasteiger partial charge >= 0.3 is 11.5 Å². The van der Waals surface area contributed by atoms with E-state index in [-0.39, 0.29) is 42.2 Å². The van der Waals surface area contributed by atoms with Gasteiger partial charge in [0.2, 0.25) is 6.41 Å². The van der Waals surface area contributed by atoms with Crippen molar-refractivity contribution in [3.8, 4) is 0 Å². The van der Waals surface area contributed by atoms with Crippen LogP contribution in [0, 0.1) is 0 Å². The van der Waals surface area contributed by atoms with Crippen molar-refractivity contribution in [1.29, 1.82) is 0 Å². The molecular weight excluding hydrogens is 325 g/mol. The molecule has 1 aromatic rings. The summed E-state index contributed by atoms with van der Waals surface area (Å²) in [5.41, 5.74) is -4.29. The third-order valence-electron chi connectivity index (χ3n) is 2.58. The largest absolute Gasteiger partial charge is 0.446 e. The van der Waals surface area contributed by atoms with Gasteiger partial charge in [0.25, 0.3) is 0 Å². The normalized spacial score (nSPS) is 18.0. The maximum atomic E-state index is 12.3. The minimum atomic E-state index is -4.42. The molecule has 3 amide bonds. The lowest BCUT2D eigenvalue weighted by atomic mass is 10.3. The van der Waals surface area contributed by atoms with Crippen LogP contribution in [0.4, 0.5) is 23.7 Å². The summed E-state index contributed by atoms with van der Waals surface area (Å²) in [5, 5.41) is 2.34. The monoisotopic (exact) mass is 336 g/mol. The average molecular weight is 336 g/mol. The van der Waals surface area contributed by atoms with Crippen LogP contribution in [0.5, 0.6) is 0 Å². The van der Waals surface area contributed by atoms with E-state index in [9.17, 15) is 22.8 Å². The Kier molecular flexibility index (Phi) is 5.27. The van der Waals surface area contributed by atoms with E-state index in [0.29, 0.717) is 0 Å². The summed E-state index contributed by atoms with van der Waals surface area (Å²) in [7, 11) is 0. The van der Waals surface area contributed by atoms with Gasteiger partial charge in [-0.25, -0.2) is 9.69 Å². The van der Waals surface area contributed by atoms with Crippen molar-refractivity contribution < 1.29 is 32.2 Å². The van der Waals surface area contributed by atoms with Gasteiger partial charge in [-0.3, -0.25) is 4.79 Å². The summed E-state index contributed by atoms with van der Waals surface area (Å²) in [4.78, 5) is 23.6. The molecule has 0 aromatic heterocycles. The molecule has 0 radical (unpaired) electrons. The molecule has 0 aliphatic carbocycles. The summed E-state index contributed by atoms with van der Waals surface area (Å²) >= 11 is -0.298. The molecule has 1 fully saturated rings. The topological polar surface area (TPSA) is 67.9 Å². The first-order chi connectivity index (χ1) is 10.4. The molecule has 120 valence electrons. The van der Waals surface area contributed by atoms with E-state index >= 15 is 0 Å². The van der Waals surface area contributed by atoms with Gasteiger partial charge in [-0.05, 0) is 30.0 Å². The first-order valence-electron chi connectivity index (χ1n) is 5.99. The second-order valence-electron chi connectivity index (χ2n) is 4.13. The molecule has 2 rings (SSSR count). The van der Waals surface area contributed by atoms with Crippen LogP contribution in [-0.2, 0) is 14.3 Å². The molecule has 1 unspecified atom stereocenters. The lowest BCUT2D eigenvalue weighted by Crippen LogP contribution is -2.43. The van der Waals surface area contributed by atoms with Crippen LogP contribution in [0.1, 0.15) is 0 Å². The molecule has 1 atom stereocenters. The number of thioether (sulfide) groups is 1. The number of amides is 3. The number of anilines is 1. The highest BCUT2D eigenvalue weighted by Crippen LogP contribution is 2.37. The predicted molar refractivity (Wildman–Crippen MR) is 71.0 cm³/mol. The fourth-order valence-electron chi connectivity index (χ4n) is 1.69. The van der Waals surface area contributed by atoms with Crippen molar-refractivity contribution in [2.24, 2.45) is 0 Å². The Bertz CT molecular complexity index is 549. The van der Waals surface area contributed by atoms with Crippen molar-refractivity contribution in [1.82, 2.24) is 4.90 Å². The van der Waals surface area contributed by atoms with Crippen molar-refractivity contribution in [3.63, 3.8) is 0 Å². The van der Waals surface area contributed by atoms with E-state index in [0.717, 1.165) is 11.0 Å². The van der Waals surface area contributed by atoms with Crippen LogP contribution in [0.3, 0.4) is 0 Å². The number of imide groups is 1. The second-order valence-corrected chi connectivity index (χ2v) is 5.27. The van der Waals surface area contributed by atoms with Gasteiger partial charge in [-0.1, -0.05) is 6.07 Å². The van der Waals surface area contributed by atoms with Gasteiger partial charge in [-0.15, -0.1) is 0 Å². The zero-order valence-electron chi connectivity index (χ0n) is 11.0. The first kappa shape index (κ1) is 16.6. The Morgan fingerprint density at radius 3 is 2.82 bits per heavy atom.